The number of thiazole rings is 1. The molecule has 0 saturated heterocycles. The van der Waals surface area contributed by atoms with Crippen molar-refractivity contribution in [3.8, 4) is 0 Å². The van der Waals surface area contributed by atoms with Gasteiger partial charge >= 0.3 is 0 Å². The number of carbonyl (C=O) groups excluding carboxylic acids is 2. The van der Waals surface area contributed by atoms with E-state index in [1.54, 1.807) is 41.4 Å². The fourth-order valence-electron chi connectivity index (χ4n) is 2.07. The second-order valence-electron chi connectivity index (χ2n) is 4.75. The quantitative estimate of drug-likeness (QED) is 0.827. The van der Waals surface area contributed by atoms with E-state index in [1.165, 1.54) is 17.4 Å². The summed E-state index contributed by atoms with van der Waals surface area (Å²) in [5.74, 6) is -0.294. The van der Waals surface area contributed by atoms with Crippen LogP contribution in [0.1, 0.15) is 29.2 Å². The number of amides is 2. The number of nitrogens with one attached hydrogen (secondary N) is 1. The fourth-order valence-corrected chi connectivity index (χ4v) is 2.60. The van der Waals surface area contributed by atoms with Crippen LogP contribution in [0.15, 0.2) is 41.9 Å². The maximum Gasteiger partial charge on any atom is 0.253 e. The highest BCUT2D eigenvalue weighted by Gasteiger charge is 2.12. The zero-order valence-corrected chi connectivity index (χ0v) is 14.0. The predicted octanol–water partition coefficient (Wildman–Crippen LogP) is 3.28. The minimum Gasteiger partial charge on any atom is -0.339 e. The molecule has 0 spiro atoms. The van der Waals surface area contributed by atoms with Gasteiger partial charge in [0.2, 0.25) is 5.91 Å². The number of hydrogen-bond acceptors (Lipinski definition) is 4. The number of benzene rings is 1. The molecule has 0 aliphatic carbocycles. The summed E-state index contributed by atoms with van der Waals surface area (Å²) in [6.45, 7) is 5.19. The Balaban J connectivity index is 2.05. The molecule has 5 nitrogen and oxygen atoms in total. The summed E-state index contributed by atoms with van der Waals surface area (Å²) in [6.07, 6.45) is 4.77. The van der Waals surface area contributed by atoms with Gasteiger partial charge in [0.15, 0.2) is 0 Å². The topological polar surface area (TPSA) is 62.3 Å². The lowest BCUT2D eigenvalue weighted by atomic mass is 10.1. The van der Waals surface area contributed by atoms with E-state index in [0.717, 1.165) is 5.01 Å². The summed E-state index contributed by atoms with van der Waals surface area (Å²) in [4.78, 5) is 30.0. The van der Waals surface area contributed by atoms with Crippen molar-refractivity contribution < 1.29 is 9.59 Å². The summed E-state index contributed by atoms with van der Waals surface area (Å²) >= 11 is 1.46. The Bertz CT molecular complexity index is 692. The Labute approximate surface area is 139 Å². The summed E-state index contributed by atoms with van der Waals surface area (Å²) in [6, 6.07) is 6.96. The van der Waals surface area contributed by atoms with Gasteiger partial charge in [-0.05, 0) is 38.1 Å². The Morgan fingerprint density at radius 3 is 2.74 bits per heavy atom. The van der Waals surface area contributed by atoms with Crippen LogP contribution >= 0.6 is 11.3 Å². The van der Waals surface area contributed by atoms with Gasteiger partial charge in [-0.2, -0.15) is 0 Å². The van der Waals surface area contributed by atoms with Crippen LogP contribution in [0.2, 0.25) is 0 Å². The maximum atomic E-state index is 12.3. The normalized spacial score (nSPS) is 10.7. The minimum atomic E-state index is -0.257. The van der Waals surface area contributed by atoms with Gasteiger partial charge < -0.3 is 10.2 Å². The fraction of sp³-hybridized carbons (Fsp3) is 0.235. The van der Waals surface area contributed by atoms with Crippen molar-refractivity contribution in [2.24, 2.45) is 0 Å². The molecule has 0 bridgehead atoms. The Morgan fingerprint density at radius 2 is 2.09 bits per heavy atom. The molecule has 0 saturated carbocycles. The number of rotatable bonds is 6. The predicted molar refractivity (Wildman–Crippen MR) is 93.5 cm³/mol. The second kappa shape index (κ2) is 8.24. The molecule has 0 atom stereocenters. The number of aromatic nitrogens is 1. The summed E-state index contributed by atoms with van der Waals surface area (Å²) in [5, 5.41) is 5.37. The molecule has 1 heterocycles. The summed E-state index contributed by atoms with van der Waals surface area (Å²) < 4.78 is 0. The molecule has 1 aromatic carbocycles. The van der Waals surface area contributed by atoms with Crippen molar-refractivity contribution >= 4 is 34.9 Å². The molecule has 2 rings (SSSR count). The first-order chi connectivity index (χ1) is 11.1. The van der Waals surface area contributed by atoms with E-state index in [2.05, 4.69) is 10.3 Å². The molecule has 0 radical (unpaired) electrons. The van der Waals surface area contributed by atoms with Gasteiger partial charge in [-0.1, -0.05) is 6.07 Å². The average Bonchev–Trinajstić information content (AvgIpc) is 3.08. The van der Waals surface area contributed by atoms with Crippen LogP contribution in [-0.2, 0) is 4.79 Å². The SMILES string of the molecule is CCN(CC)C(=O)c1cccc(NC(=O)/C=C/c2nccs2)c1. The highest BCUT2D eigenvalue weighted by molar-refractivity contribution is 7.10. The molecule has 1 aromatic heterocycles. The first-order valence-electron chi connectivity index (χ1n) is 7.42. The minimum absolute atomic E-state index is 0.0376. The van der Waals surface area contributed by atoms with E-state index in [-0.39, 0.29) is 11.8 Å². The van der Waals surface area contributed by atoms with Crippen molar-refractivity contribution in [1.82, 2.24) is 9.88 Å². The summed E-state index contributed by atoms with van der Waals surface area (Å²) in [5.41, 5.74) is 1.16. The Morgan fingerprint density at radius 1 is 1.30 bits per heavy atom. The molecule has 2 aromatic rings. The Kier molecular flexibility index (Phi) is 6.05. The largest absolute Gasteiger partial charge is 0.339 e. The molecule has 23 heavy (non-hydrogen) atoms. The molecular weight excluding hydrogens is 310 g/mol. The second-order valence-corrected chi connectivity index (χ2v) is 5.68. The van der Waals surface area contributed by atoms with E-state index in [1.807, 2.05) is 19.2 Å². The van der Waals surface area contributed by atoms with Crippen LogP contribution in [0.25, 0.3) is 6.08 Å². The van der Waals surface area contributed by atoms with Gasteiger partial charge in [-0.3, -0.25) is 9.59 Å². The molecule has 1 N–H and O–H groups in total. The number of anilines is 1. The van der Waals surface area contributed by atoms with E-state index < -0.39 is 0 Å². The van der Waals surface area contributed by atoms with Crippen molar-refractivity contribution in [2.75, 3.05) is 18.4 Å². The number of carbonyl (C=O) groups is 2. The average molecular weight is 329 g/mol. The van der Waals surface area contributed by atoms with Gasteiger partial charge in [0, 0.05) is 42.0 Å². The van der Waals surface area contributed by atoms with Gasteiger partial charge in [0.25, 0.3) is 5.91 Å². The van der Waals surface area contributed by atoms with Gasteiger partial charge in [0.05, 0.1) is 0 Å². The van der Waals surface area contributed by atoms with E-state index in [4.69, 9.17) is 0 Å². The molecular formula is C17H19N3O2S. The first-order valence-corrected chi connectivity index (χ1v) is 8.30. The lowest BCUT2D eigenvalue weighted by Gasteiger charge is -2.18. The third kappa shape index (κ3) is 4.75. The number of hydrogen-bond donors (Lipinski definition) is 1. The van der Waals surface area contributed by atoms with Crippen molar-refractivity contribution in [2.45, 2.75) is 13.8 Å². The number of nitrogens with zero attached hydrogens (tertiary/aromatic N) is 2. The molecule has 0 unspecified atom stereocenters. The highest BCUT2D eigenvalue weighted by atomic mass is 32.1. The standard InChI is InChI=1S/C17H19N3O2S/c1-3-20(4-2)17(22)13-6-5-7-14(12-13)19-15(21)8-9-16-18-10-11-23-16/h5-12H,3-4H2,1-2H3,(H,19,21)/b9-8+. The van der Waals surface area contributed by atoms with Crippen LogP contribution in [0, 0.1) is 0 Å². The van der Waals surface area contributed by atoms with Crippen molar-refractivity contribution in [1.29, 1.82) is 0 Å². The van der Waals surface area contributed by atoms with Crippen LogP contribution in [0.5, 0.6) is 0 Å². The zero-order chi connectivity index (χ0) is 16.7. The van der Waals surface area contributed by atoms with E-state index in [9.17, 15) is 9.59 Å². The molecule has 0 fully saturated rings. The third-order valence-corrected chi connectivity index (χ3v) is 4.00. The molecule has 0 aliphatic heterocycles. The molecule has 6 heteroatoms. The van der Waals surface area contributed by atoms with Crippen molar-refractivity contribution in [3.63, 3.8) is 0 Å². The van der Waals surface area contributed by atoms with Crippen LogP contribution < -0.4 is 5.32 Å². The smallest absolute Gasteiger partial charge is 0.253 e. The van der Waals surface area contributed by atoms with Gasteiger partial charge in [-0.25, -0.2) is 4.98 Å². The molecule has 120 valence electrons. The zero-order valence-electron chi connectivity index (χ0n) is 13.2. The lowest BCUT2D eigenvalue weighted by Crippen LogP contribution is -2.30. The monoisotopic (exact) mass is 329 g/mol. The van der Waals surface area contributed by atoms with E-state index in [0.29, 0.717) is 24.3 Å². The van der Waals surface area contributed by atoms with Crippen LogP contribution in [0.4, 0.5) is 5.69 Å². The van der Waals surface area contributed by atoms with Gasteiger partial charge in [-0.15, -0.1) is 11.3 Å². The van der Waals surface area contributed by atoms with Crippen LogP contribution in [-0.4, -0.2) is 34.8 Å². The first kappa shape index (κ1) is 16.9. The Hall–Kier alpha value is -2.47. The highest BCUT2D eigenvalue weighted by Crippen LogP contribution is 2.13. The van der Waals surface area contributed by atoms with Gasteiger partial charge in [0.1, 0.15) is 5.01 Å². The molecule has 0 aliphatic rings. The van der Waals surface area contributed by atoms with E-state index >= 15 is 0 Å². The lowest BCUT2D eigenvalue weighted by molar-refractivity contribution is -0.111. The third-order valence-electron chi connectivity index (χ3n) is 3.26. The molecule has 2 amide bonds. The maximum absolute atomic E-state index is 12.3. The van der Waals surface area contributed by atoms with Crippen molar-refractivity contribution in [3.05, 3.63) is 52.5 Å². The summed E-state index contributed by atoms with van der Waals surface area (Å²) in [7, 11) is 0. The van der Waals surface area contributed by atoms with Crippen LogP contribution in [0.3, 0.4) is 0 Å².